The summed E-state index contributed by atoms with van der Waals surface area (Å²) in [5.74, 6) is 1.22. The highest BCUT2D eigenvalue weighted by Gasteiger charge is 2.33. The van der Waals surface area contributed by atoms with Crippen LogP contribution in [0.15, 0.2) is 94.7 Å². The lowest BCUT2D eigenvalue weighted by Gasteiger charge is -2.22. The number of nitrogens with zero attached hydrogens (tertiary/aromatic N) is 2. The van der Waals surface area contributed by atoms with Crippen LogP contribution in [-0.2, 0) is 26.1 Å². The third kappa shape index (κ3) is 3.76. The number of rotatable bonds is 3. The van der Waals surface area contributed by atoms with Gasteiger partial charge in [-0.2, -0.15) is 0 Å². The van der Waals surface area contributed by atoms with Gasteiger partial charge in [-0.05, 0) is 40.5 Å². The molecule has 2 aromatic heterocycles. The van der Waals surface area contributed by atoms with E-state index in [0.29, 0.717) is 33.9 Å². The normalized spacial score (nSPS) is 14.5. The van der Waals surface area contributed by atoms with E-state index in [0.717, 1.165) is 53.9 Å². The number of hydrogen-bond acceptors (Lipinski definition) is 5. The SMILES string of the molecule is CS(=O)(=O)n1c2c(c3ccccc31)CSc1c(-c3ccc4c5c(n(P(=O)(O)O)c4c3)-c3ccccc3SC5)cccc1-2. The van der Waals surface area contributed by atoms with Crippen molar-refractivity contribution < 1.29 is 22.8 Å². The van der Waals surface area contributed by atoms with Crippen LogP contribution in [0.25, 0.3) is 55.4 Å². The second-order valence-corrected chi connectivity index (χ2v) is 15.8. The van der Waals surface area contributed by atoms with Crippen LogP contribution in [0.2, 0.25) is 0 Å². The van der Waals surface area contributed by atoms with Crippen molar-refractivity contribution in [1.29, 1.82) is 0 Å². The molecule has 210 valence electrons. The van der Waals surface area contributed by atoms with E-state index in [-0.39, 0.29) is 0 Å². The summed E-state index contributed by atoms with van der Waals surface area (Å²) in [6, 6.07) is 27.0. The van der Waals surface area contributed by atoms with E-state index in [1.54, 1.807) is 23.5 Å². The van der Waals surface area contributed by atoms with Crippen molar-refractivity contribution >= 4 is 63.1 Å². The minimum Gasteiger partial charge on any atom is -0.308 e. The number of thioether (sulfide) groups is 2. The highest BCUT2D eigenvalue weighted by molar-refractivity contribution is 7.99. The molecule has 0 atom stereocenters. The molecule has 4 aromatic carbocycles. The Morgan fingerprint density at radius 2 is 1.40 bits per heavy atom. The molecule has 0 spiro atoms. The smallest absolute Gasteiger partial charge is 0.308 e. The van der Waals surface area contributed by atoms with Gasteiger partial charge in [0.1, 0.15) is 0 Å². The number of fused-ring (bicyclic) bond motifs is 10. The second kappa shape index (κ2) is 9.13. The fourth-order valence-corrected chi connectivity index (χ4v) is 10.7. The second-order valence-electron chi connectivity index (χ2n) is 10.5. The van der Waals surface area contributed by atoms with Gasteiger partial charge < -0.3 is 9.79 Å². The van der Waals surface area contributed by atoms with Crippen LogP contribution in [-0.4, -0.2) is 32.8 Å². The van der Waals surface area contributed by atoms with Crippen LogP contribution in [0.5, 0.6) is 0 Å². The van der Waals surface area contributed by atoms with Gasteiger partial charge in [-0.15, -0.1) is 23.5 Å². The van der Waals surface area contributed by atoms with Crippen LogP contribution in [0.3, 0.4) is 0 Å². The van der Waals surface area contributed by atoms with Crippen molar-refractivity contribution in [1.82, 2.24) is 8.31 Å². The zero-order valence-electron chi connectivity index (χ0n) is 22.2. The standard InChI is InChI=1S/C31H23N2O5PS3/c1-42(37,38)33-26-11-4-2-7-20(26)25-17-41-31-19(9-6-10-23(31)30(25)33)18-13-14-21-24-16-40-28-12-5-3-8-22(28)29(24)32(27(21)15-18)39(34,35)36/h2-15H,16-17H2,1H3,(H2,34,35,36). The maximum absolute atomic E-state index is 13.1. The van der Waals surface area contributed by atoms with Crippen molar-refractivity contribution in [2.24, 2.45) is 0 Å². The third-order valence-electron chi connectivity index (χ3n) is 8.03. The van der Waals surface area contributed by atoms with E-state index in [1.807, 2.05) is 84.9 Å². The molecule has 0 amide bonds. The van der Waals surface area contributed by atoms with E-state index in [4.69, 9.17) is 0 Å². The van der Waals surface area contributed by atoms with E-state index in [9.17, 15) is 22.8 Å². The molecule has 11 heteroatoms. The zero-order valence-corrected chi connectivity index (χ0v) is 25.5. The molecule has 0 bridgehead atoms. The first-order valence-corrected chi connectivity index (χ1v) is 18.6. The van der Waals surface area contributed by atoms with Crippen LogP contribution in [0.4, 0.5) is 0 Å². The minimum absolute atomic E-state index is 0.479. The highest BCUT2D eigenvalue weighted by Crippen LogP contribution is 2.55. The number of aromatic nitrogens is 2. The first kappa shape index (κ1) is 26.4. The lowest BCUT2D eigenvalue weighted by Crippen LogP contribution is -2.13. The lowest BCUT2D eigenvalue weighted by molar-refractivity contribution is 0.363. The Kier molecular flexibility index (Phi) is 5.74. The Balaban J connectivity index is 1.39. The highest BCUT2D eigenvalue weighted by atomic mass is 32.2. The minimum atomic E-state index is -4.72. The van der Waals surface area contributed by atoms with E-state index in [1.165, 1.54) is 14.6 Å². The Labute approximate surface area is 250 Å². The molecule has 2 aliphatic heterocycles. The van der Waals surface area contributed by atoms with Gasteiger partial charge in [-0.3, -0.25) is 0 Å². The average Bonchev–Trinajstić information content (AvgIpc) is 3.50. The van der Waals surface area contributed by atoms with E-state index < -0.39 is 17.8 Å². The fourth-order valence-electron chi connectivity index (χ4n) is 6.43. The molecule has 7 nitrogen and oxygen atoms in total. The van der Waals surface area contributed by atoms with Gasteiger partial charge in [-0.1, -0.05) is 66.7 Å². The number of para-hydroxylation sites is 1. The summed E-state index contributed by atoms with van der Waals surface area (Å²) in [6.07, 6.45) is 1.23. The van der Waals surface area contributed by atoms with Gasteiger partial charge in [0, 0.05) is 43.2 Å². The summed E-state index contributed by atoms with van der Waals surface area (Å²) in [4.78, 5) is 23.1. The monoisotopic (exact) mass is 630 g/mol. The van der Waals surface area contributed by atoms with E-state index >= 15 is 0 Å². The van der Waals surface area contributed by atoms with Crippen molar-refractivity contribution in [3.63, 3.8) is 0 Å². The molecule has 0 radical (unpaired) electrons. The molecule has 42 heavy (non-hydrogen) atoms. The Morgan fingerprint density at radius 1 is 0.738 bits per heavy atom. The molecule has 0 fully saturated rings. The Morgan fingerprint density at radius 3 is 2.21 bits per heavy atom. The summed E-state index contributed by atoms with van der Waals surface area (Å²) >= 11 is 3.32. The van der Waals surface area contributed by atoms with Crippen LogP contribution in [0, 0.1) is 0 Å². The van der Waals surface area contributed by atoms with Gasteiger partial charge in [0.25, 0.3) is 0 Å². The van der Waals surface area contributed by atoms with Gasteiger partial charge in [0.15, 0.2) is 0 Å². The molecule has 4 heterocycles. The van der Waals surface area contributed by atoms with E-state index in [2.05, 4.69) is 0 Å². The maximum Gasteiger partial charge on any atom is 0.434 e. The summed E-state index contributed by atoms with van der Waals surface area (Å²) in [6.45, 7) is 0. The molecule has 2 aliphatic rings. The topological polar surface area (TPSA) is 102 Å². The predicted octanol–water partition coefficient (Wildman–Crippen LogP) is 7.56. The van der Waals surface area contributed by atoms with Gasteiger partial charge in [0.05, 0.1) is 28.7 Å². The summed E-state index contributed by atoms with van der Waals surface area (Å²) < 4.78 is 41.8. The first-order chi connectivity index (χ1) is 20.1. The molecule has 2 N–H and O–H groups in total. The number of hydrogen-bond donors (Lipinski definition) is 2. The summed E-state index contributed by atoms with van der Waals surface area (Å²) in [5, 5.41) is 1.74. The molecule has 8 rings (SSSR count). The third-order valence-corrected chi connectivity index (χ3v) is 12.3. The van der Waals surface area contributed by atoms with Crippen molar-refractivity contribution in [2.45, 2.75) is 21.3 Å². The Bertz CT molecular complexity index is 2300. The average molecular weight is 631 g/mol. The van der Waals surface area contributed by atoms with Gasteiger partial charge >= 0.3 is 7.75 Å². The van der Waals surface area contributed by atoms with Gasteiger partial charge in [-0.25, -0.2) is 21.3 Å². The molecule has 6 aromatic rings. The maximum atomic E-state index is 13.1. The quantitative estimate of drug-likeness (QED) is 0.195. The summed E-state index contributed by atoms with van der Waals surface area (Å²) in [7, 11) is -8.33. The molecular weight excluding hydrogens is 608 g/mol. The molecule has 0 saturated carbocycles. The van der Waals surface area contributed by atoms with Gasteiger partial charge in [0.2, 0.25) is 10.0 Å². The van der Waals surface area contributed by atoms with Crippen molar-refractivity contribution in [3.8, 4) is 33.6 Å². The summed E-state index contributed by atoms with van der Waals surface area (Å²) in [5.41, 5.74) is 7.63. The van der Waals surface area contributed by atoms with Crippen molar-refractivity contribution in [3.05, 3.63) is 96.1 Å². The molecular formula is C31H23N2O5PS3. The van der Waals surface area contributed by atoms with Crippen LogP contribution >= 0.6 is 31.3 Å². The lowest BCUT2D eigenvalue weighted by atomic mass is 9.98. The molecule has 0 saturated heterocycles. The predicted molar refractivity (Wildman–Crippen MR) is 171 cm³/mol. The Hall–Kier alpha value is -3.24. The largest absolute Gasteiger partial charge is 0.434 e. The number of benzene rings is 4. The van der Waals surface area contributed by atoms with Crippen molar-refractivity contribution in [2.75, 3.05) is 6.26 Å². The molecule has 0 unspecified atom stereocenters. The molecule has 0 aliphatic carbocycles. The van der Waals surface area contributed by atoms with Crippen LogP contribution in [0.1, 0.15) is 11.1 Å². The zero-order chi connectivity index (χ0) is 29.0. The first-order valence-electron chi connectivity index (χ1n) is 13.2. The fraction of sp³-hybridized carbons (Fsp3) is 0.0968. The van der Waals surface area contributed by atoms with Crippen LogP contribution < -0.4 is 0 Å².